The van der Waals surface area contributed by atoms with Gasteiger partial charge in [0, 0.05) is 26.0 Å². The van der Waals surface area contributed by atoms with Gasteiger partial charge in [-0.3, -0.25) is 4.79 Å². The van der Waals surface area contributed by atoms with Crippen LogP contribution in [-0.2, 0) is 0 Å². The van der Waals surface area contributed by atoms with Crippen molar-refractivity contribution in [3.63, 3.8) is 0 Å². The van der Waals surface area contributed by atoms with Gasteiger partial charge in [-0.25, -0.2) is 4.98 Å². The largest absolute Gasteiger partial charge is 0.362 e. The number of pyridine rings is 1. The molecule has 5 heteroatoms. The standard InChI is InChI=1S/C15H14N4O/c1-19(2)14-13(7-4-8-17-14)15(20)18-12-6-3-5-11(9-12)10-16/h3-9H,1-2H3,(H,18,20). The quantitative estimate of drug-likeness (QED) is 0.925. The second-order valence-electron chi connectivity index (χ2n) is 4.42. The third-order valence-electron chi connectivity index (χ3n) is 2.70. The van der Waals surface area contributed by atoms with E-state index in [0.717, 1.165) is 0 Å². The van der Waals surface area contributed by atoms with Crippen LogP contribution in [0.1, 0.15) is 15.9 Å². The van der Waals surface area contributed by atoms with Crippen LogP contribution in [0.15, 0.2) is 42.6 Å². The minimum absolute atomic E-state index is 0.253. The van der Waals surface area contributed by atoms with Gasteiger partial charge in [0.1, 0.15) is 5.82 Å². The summed E-state index contributed by atoms with van der Waals surface area (Å²) in [6.07, 6.45) is 1.64. The molecule has 0 saturated carbocycles. The summed E-state index contributed by atoms with van der Waals surface area (Å²) in [5.41, 5.74) is 1.57. The highest BCUT2D eigenvalue weighted by Crippen LogP contribution is 2.17. The second-order valence-corrected chi connectivity index (χ2v) is 4.42. The molecule has 0 aliphatic rings. The number of nitrogens with zero attached hydrogens (tertiary/aromatic N) is 3. The van der Waals surface area contributed by atoms with Gasteiger partial charge in [0.15, 0.2) is 0 Å². The predicted molar refractivity (Wildman–Crippen MR) is 77.7 cm³/mol. The molecule has 100 valence electrons. The molecule has 5 nitrogen and oxygen atoms in total. The molecule has 1 N–H and O–H groups in total. The monoisotopic (exact) mass is 266 g/mol. The Hall–Kier alpha value is -2.87. The highest BCUT2D eigenvalue weighted by Gasteiger charge is 2.13. The molecule has 2 aromatic rings. The number of carbonyl (C=O) groups excluding carboxylic acids is 1. The smallest absolute Gasteiger partial charge is 0.259 e. The van der Waals surface area contributed by atoms with Crippen LogP contribution in [0.4, 0.5) is 11.5 Å². The Morgan fingerprint density at radius 1 is 1.30 bits per heavy atom. The van der Waals surface area contributed by atoms with Crippen molar-refractivity contribution in [3.8, 4) is 6.07 Å². The fourth-order valence-corrected chi connectivity index (χ4v) is 1.80. The molecule has 1 aromatic heterocycles. The molecule has 2 rings (SSSR count). The van der Waals surface area contributed by atoms with Crippen molar-refractivity contribution in [2.45, 2.75) is 0 Å². The van der Waals surface area contributed by atoms with E-state index >= 15 is 0 Å². The summed E-state index contributed by atoms with van der Waals surface area (Å²) in [7, 11) is 3.66. The third-order valence-corrected chi connectivity index (χ3v) is 2.70. The molecule has 0 bridgehead atoms. The molecule has 0 unspecified atom stereocenters. The second kappa shape index (κ2) is 5.85. The van der Waals surface area contributed by atoms with Crippen LogP contribution in [0.5, 0.6) is 0 Å². The first-order valence-electron chi connectivity index (χ1n) is 6.05. The van der Waals surface area contributed by atoms with Crippen molar-refractivity contribution < 1.29 is 4.79 Å². The molecule has 1 amide bonds. The van der Waals surface area contributed by atoms with Crippen molar-refractivity contribution in [2.75, 3.05) is 24.3 Å². The minimum Gasteiger partial charge on any atom is -0.362 e. The maximum Gasteiger partial charge on any atom is 0.259 e. The molecule has 0 atom stereocenters. The predicted octanol–water partition coefficient (Wildman–Crippen LogP) is 2.27. The number of nitriles is 1. The van der Waals surface area contributed by atoms with Crippen LogP contribution in [0.2, 0.25) is 0 Å². The summed E-state index contributed by atoms with van der Waals surface area (Å²) in [5, 5.41) is 11.6. The van der Waals surface area contributed by atoms with Gasteiger partial charge in [0.2, 0.25) is 0 Å². The van der Waals surface area contributed by atoms with Crippen molar-refractivity contribution in [1.82, 2.24) is 4.98 Å². The summed E-state index contributed by atoms with van der Waals surface area (Å²) in [6, 6.07) is 12.2. The molecule has 0 aliphatic carbocycles. The number of carbonyl (C=O) groups is 1. The number of amides is 1. The van der Waals surface area contributed by atoms with Gasteiger partial charge in [-0.15, -0.1) is 0 Å². The van der Waals surface area contributed by atoms with Crippen molar-refractivity contribution in [2.24, 2.45) is 0 Å². The minimum atomic E-state index is -0.253. The van der Waals surface area contributed by atoms with E-state index in [-0.39, 0.29) is 5.91 Å². The highest BCUT2D eigenvalue weighted by atomic mass is 16.1. The van der Waals surface area contributed by atoms with E-state index in [1.54, 1.807) is 47.5 Å². The highest BCUT2D eigenvalue weighted by molar-refractivity contribution is 6.07. The molecule has 20 heavy (non-hydrogen) atoms. The number of benzene rings is 1. The van der Waals surface area contributed by atoms with Crippen LogP contribution in [0.3, 0.4) is 0 Å². The number of anilines is 2. The first kappa shape index (κ1) is 13.6. The van der Waals surface area contributed by atoms with Gasteiger partial charge in [0.25, 0.3) is 5.91 Å². The lowest BCUT2D eigenvalue weighted by molar-refractivity contribution is 0.102. The molecule has 0 spiro atoms. The lowest BCUT2D eigenvalue weighted by atomic mass is 10.2. The fourth-order valence-electron chi connectivity index (χ4n) is 1.80. The topological polar surface area (TPSA) is 69.0 Å². The van der Waals surface area contributed by atoms with E-state index in [1.165, 1.54) is 0 Å². The van der Waals surface area contributed by atoms with Crippen LogP contribution in [0.25, 0.3) is 0 Å². The summed E-state index contributed by atoms with van der Waals surface area (Å²) >= 11 is 0. The van der Waals surface area contributed by atoms with Gasteiger partial charge < -0.3 is 10.2 Å². The zero-order valence-corrected chi connectivity index (χ0v) is 11.3. The SMILES string of the molecule is CN(C)c1ncccc1C(=O)Nc1cccc(C#N)c1. The van der Waals surface area contributed by atoms with Gasteiger partial charge in [-0.2, -0.15) is 5.26 Å². The van der Waals surface area contributed by atoms with Crippen LogP contribution in [-0.4, -0.2) is 25.0 Å². The van der Waals surface area contributed by atoms with Gasteiger partial charge >= 0.3 is 0 Å². The van der Waals surface area contributed by atoms with Gasteiger partial charge in [-0.05, 0) is 30.3 Å². The third kappa shape index (κ3) is 2.93. The van der Waals surface area contributed by atoms with E-state index in [2.05, 4.69) is 10.3 Å². The number of nitrogens with one attached hydrogen (secondary N) is 1. The molecule has 0 aliphatic heterocycles. The summed E-state index contributed by atoms with van der Waals surface area (Å²) in [6.45, 7) is 0. The molecular weight excluding hydrogens is 252 g/mol. The van der Waals surface area contributed by atoms with Gasteiger partial charge in [-0.1, -0.05) is 6.07 Å². The Balaban J connectivity index is 2.27. The molecule has 1 heterocycles. The normalized spacial score (nSPS) is 9.65. The fraction of sp³-hybridized carbons (Fsp3) is 0.133. The maximum absolute atomic E-state index is 12.3. The van der Waals surface area contributed by atoms with E-state index in [9.17, 15) is 4.79 Å². The Morgan fingerprint density at radius 2 is 2.10 bits per heavy atom. The Bertz CT molecular complexity index is 674. The van der Waals surface area contributed by atoms with Crippen molar-refractivity contribution in [3.05, 3.63) is 53.7 Å². The average molecular weight is 266 g/mol. The molecule has 0 saturated heterocycles. The van der Waals surface area contributed by atoms with Crippen LogP contribution < -0.4 is 10.2 Å². The van der Waals surface area contributed by atoms with Crippen LogP contribution >= 0.6 is 0 Å². The van der Waals surface area contributed by atoms with E-state index in [4.69, 9.17) is 5.26 Å². The number of rotatable bonds is 3. The Morgan fingerprint density at radius 3 is 2.80 bits per heavy atom. The molecular formula is C15H14N4O. The number of hydrogen-bond acceptors (Lipinski definition) is 4. The summed E-state index contributed by atoms with van der Waals surface area (Å²) in [4.78, 5) is 18.2. The van der Waals surface area contributed by atoms with Crippen molar-refractivity contribution >= 4 is 17.4 Å². The van der Waals surface area contributed by atoms with E-state index < -0.39 is 0 Å². The molecule has 1 aromatic carbocycles. The van der Waals surface area contributed by atoms with Gasteiger partial charge in [0.05, 0.1) is 17.2 Å². The Labute approximate surface area is 117 Å². The Kier molecular flexibility index (Phi) is 3.96. The average Bonchev–Trinajstić information content (AvgIpc) is 2.47. The first-order valence-corrected chi connectivity index (χ1v) is 6.05. The van der Waals surface area contributed by atoms with Crippen LogP contribution in [0, 0.1) is 11.3 Å². The number of aromatic nitrogens is 1. The first-order chi connectivity index (χ1) is 9.61. The number of hydrogen-bond donors (Lipinski definition) is 1. The zero-order valence-electron chi connectivity index (χ0n) is 11.3. The summed E-state index contributed by atoms with van der Waals surface area (Å²) < 4.78 is 0. The zero-order chi connectivity index (χ0) is 14.5. The lowest BCUT2D eigenvalue weighted by Crippen LogP contribution is -2.19. The molecule has 0 fully saturated rings. The maximum atomic E-state index is 12.3. The van der Waals surface area contributed by atoms with E-state index in [0.29, 0.717) is 22.6 Å². The summed E-state index contributed by atoms with van der Waals surface area (Å²) in [5.74, 6) is 0.346. The lowest BCUT2D eigenvalue weighted by Gasteiger charge is -2.15. The van der Waals surface area contributed by atoms with E-state index in [1.807, 2.05) is 20.2 Å². The van der Waals surface area contributed by atoms with Crippen molar-refractivity contribution in [1.29, 1.82) is 5.26 Å². The molecule has 0 radical (unpaired) electrons.